The van der Waals surface area contributed by atoms with Crippen molar-refractivity contribution in [2.75, 3.05) is 12.4 Å². The van der Waals surface area contributed by atoms with Gasteiger partial charge in [-0.15, -0.1) is 0 Å². The highest BCUT2D eigenvalue weighted by Gasteiger charge is 2.05. The molecule has 0 unspecified atom stereocenters. The van der Waals surface area contributed by atoms with Crippen LogP contribution in [0.4, 0.5) is 5.82 Å². The van der Waals surface area contributed by atoms with Crippen LogP contribution < -0.4 is 5.32 Å². The van der Waals surface area contributed by atoms with Crippen LogP contribution in [-0.2, 0) is 0 Å². The summed E-state index contributed by atoms with van der Waals surface area (Å²) in [7, 11) is 1.86. The first-order valence-corrected chi connectivity index (χ1v) is 6.19. The van der Waals surface area contributed by atoms with Crippen molar-refractivity contribution in [3.63, 3.8) is 0 Å². The van der Waals surface area contributed by atoms with Gasteiger partial charge in [0.1, 0.15) is 5.82 Å². The van der Waals surface area contributed by atoms with Crippen LogP contribution in [0.5, 0.6) is 0 Å². The monoisotopic (exact) mass is 291 g/mol. The molecule has 2 rings (SSSR count). The van der Waals surface area contributed by atoms with Crippen molar-refractivity contribution in [3.05, 3.63) is 40.0 Å². The number of benzene rings is 1. The summed E-state index contributed by atoms with van der Waals surface area (Å²) >= 11 is 3.53. The molecule has 0 aliphatic rings. The van der Waals surface area contributed by atoms with E-state index in [0.29, 0.717) is 0 Å². The summed E-state index contributed by atoms with van der Waals surface area (Å²) in [6.07, 6.45) is 0. The lowest BCUT2D eigenvalue weighted by Gasteiger charge is -2.06. The van der Waals surface area contributed by atoms with E-state index in [1.165, 1.54) is 5.56 Å². The van der Waals surface area contributed by atoms with Gasteiger partial charge >= 0.3 is 0 Å². The number of hydrogen-bond acceptors (Lipinski definition) is 3. The zero-order valence-electron chi connectivity index (χ0n) is 10.1. The van der Waals surface area contributed by atoms with Gasteiger partial charge in [-0.3, -0.25) is 0 Å². The summed E-state index contributed by atoms with van der Waals surface area (Å²) in [5, 5.41) is 3.04. The molecule has 1 aromatic carbocycles. The molecule has 0 bridgehead atoms. The fourth-order valence-electron chi connectivity index (χ4n) is 1.56. The maximum Gasteiger partial charge on any atom is 0.161 e. The van der Waals surface area contributed by atoms with Crippen LogP contribution in [0, 0.1) is 13.8 Å². The van der Waals surface area contributed by atoms with Crippen LogP contribution in [-0.4, -0.2) is 17.0 Å². The Morgan fingerprint density at radius 1 is 1.12 bits per heavy atom. The van der Waals surface area contributed by atoms with E-state index in [9.17, 15) is 0 Å². The third-order valence-corrected chi connectivity index (χ3v) is 3.39. The highest BCUT2D eigenvalue weighted by molar-refractivity contribution is 9.10. The maximum atomic E-state index is 4.45. The molecule has 2 aromatic rings. The normalized spacial score (nSPS) is 10.4. The molecule has 0 aliphatic carbocycles. The Bertz CT molecular complexity index is 552. The van der Waals surface area contributed by atoms with E-state index in [1.807, 2.05) is 32.2 Å². The molecule has 0 saturated heterocycles. The number of anilines is 1. The Balaban J connectivity index is 2.52. The summed E-state index contributed by atoms with van der Waals surface area (Å²) < 4.78 is 1.08. The summed E-state index contributed by atoms with van der Waals surface area (Å²) in [4.78, 5) is 8.90. The second-order valence-electron chi connectivity index (χ2n) is 3.93. The number of halogens is 1. The fraction of sp³-hybridized carbons (Fsp3) is 0.231. The van der Waals surface area contributed by atoms with E-state index in [0.717, 1.165) is 27.4 Å². The topological polar surface area (TPSA) is 37.8 Å². The Morgan fingerprint density at radius 3 is 2.53 bits per heavy atom. The zero-order valence-corrected chi connectivity index (χ0v) is 11.7. The molecule has 1 heterocycles. The van der Waals surface area contributed by atoms with E-state index >= 15 is 0 Å². The molecular weight excluding hydrogens is 278 g/mol. The van der Waals surface area contributed by atoms with Crippen LogP contribution in [0.25, 0.3) is 11.4 Å². The molecule has 0 radical (unpaired) electrons. The maximum absolute atomic E-state index is 4.45. The van der Waals surface area contributed by atoms with Gasteiger partial charge in [-0.1, -0.05) is 28.1 Å². The van der Waals surface area contributed by atoms with Crippen molar-refractivity contribution in [2.45, 2.75) is 13.8 Å². The first kappa shape index (κ1) is 12.0. The molecule has 1 N–H and O–H groups in total. The molecule has 3 nitrogen and oxygen atoms in total. The predicted molar refractivity (Wildman–Crippen MR) is 74.2 cm³/mol. The zero-order chi connectivity index (χ0) is 12.4. The Hall–Kier alpha value is -1.42. The largest absolute Gasteiger partial charge is 0.373 e. The number of nitrogens with one attached hydrogen (secondary N) is 1. The van der Waals surface area contributed by atoms with Crippen LogP contribution in [0.2, 0.25) is 0 Å². The molecule has 0 aliphatic heterocycles. The molecule has 0 atom stereocenters. The van der Waals surface area contributed by atoms with Gasteiger partial charge in [0, 0.05) is 28.8 Å². The van der Waals surface area contributed by atoms with Gasteiger partial charge < -0.3 is 5.32 Å². The standard InChI is InChI=1S/C13H14BrN3/c1-8-4-5-10(7-11(8)14)13-16-9(2)6-12(15-3)17-13/h4-7H,1-3H3,(H,15,16,17). The number of rotatable bonds is 2. The van der Waals surface area contributed by atoms with Crippen molar-refractivity contribution in [1.82, 2.24) is 9.97 Å². The highest BCUT2D eigenvalue weighted by Crippen LogP contribution is 2.24. The average Bonchev–Trinajstić information content (AvgIpc) is 2.32. The second kappa shape index (κ2) is 4.84. The predicted octanol–water partition coefficient (Wildman–Crippen LogP) is 3.56. The first-order valence-electron chi connectivity index (χ1n) is 5.40. The fourth-order valence-corrected chi connectivity index (χ4v) is 1.94. The van der Waals surface area contributed by atoms with Gasteiger partial charge in [0.25, 0.3) is 0 Å². The minimum absolute atomic E-state index is 0.745. The lowest BCUT2D eigenvalue weighted by molar-refractivity contribution is 1.11. The minimum atomic E-state index is 0.745. The van der Waals surface area contributed by atoms with Crippen LogP contribution in [0.15, 0.2) is 28.7 Å². The number of aromatic nitrogens is 2. The summed E-state index contributed by atoms with van der Waals surface area (Å²) in [6.45, 7) is 4.03. The number of nitrogens with zero attached hydrogens (tertiary/aromatic N) is 2. The molecule has 88 valence electrons. The molecule has 17 heavy (non-hydrogen) atoms. The molecular formula is C13H14BrN3. The number of aryl methyl sites for hydroxylation is 2. The van der Waals surface area contributed by atoms with E-state index in [1.54, 1.807) is 0 Å². The SMILES string of the molecule is CNc1cc(C)nc(-c2ccc(C)c(Br)c2)n1. The Kier molecular flexibility index (Phi) is 3.43. The highest BCUT2D eigenvalue weighted by atomic mass is 79.9. The lowest BCUT2D eigenvalue weighted by Crippen LogP contribution is -1.98. The molecule has 4 heteroatoms. The van der Waals surface area contributed by atoms with Gasteiger partial charge in [-0.2, -0.15) is 0 Å². The third-order valence-electron chi connectivity index (χ3n) is 2.54. The van der Waals surface area contributed by atoms with E-state index in [2.05, 4.69) is 44.2 Å². The van der Waals surface area contributed by atoms with Gasteiger partial charge in [-0.05, 0) is 25.5 Å². The van der Waals surface area contributed by atoms with E-state index < -0.39 is 0 Å². The van der Waals surface area contributed by atoms with Crippen molar-refractivity contribution in [3.8, 4) is 11.4 Å². The first-order chi connectivity index (χ1) is 8.10. The summed E-state index contributed by atoms with van der Waals surface area (Å²) in [6, 6.07) is 8.06. The molecule has 1 aromatic heterocycles. The van der Waals surface area contributed by atoms with Gasteiger partial charge in [-0.25, -0.2) is 9.97 Å². The van der Waals surface area contributed by atoms with E-state index in [4.69, 9.17) is 0 Å². The van der Waals surface area contributed by atoms with Gasteiger partial charge in [0.15, 0.2) is 5.82 Å². The van der Waals surface area contributed by atoms with Gasteiger partial charge in [0.05, 0.1) is 0 Å². The lowest BCUT2D eigenvalue weighted by atomic mass is 10.1. The van der Waals surface area contributed by atoms with Gasteiger partial charge in [0.2, 0.25) is 0 Å². The minimum Gasteiger partial charge on any atom is -0.373 e. The average molecular weight is 292 g/mol. The van der Waals surface area contributed by atoms with E-state index in [-0.39, 0.29) is 0 Å². The number of hydrogen-bond donors (Lipinski definition) is 1. The summed E-state index contributed by atoms with van der Waals surface area (Å²) in [5.41, 5.74) is 3.17. The van der Waals surface area contributed by atoms with Crippen LogP contribution >= 0.6 is 15.9 Å². The molecule has 0 spiro atoms. The Labute approximate surface area is 109 Å². The molecule has 0 fully saturated rings. The van der Waals surface area contributed by atoms with Crippen molar-refractivity contribution < 1.29 is 0 Å². The Morgan fingerprint density at radius 2 is 1.88 bits per heavy atom. The van der Waals surface area contributed by atoms with Crippen LogP contribution in [0.1, 0.15) is 11.3 Å². The third kappa shape index (κ3) is 2.64. The van der Waals surface area contributed by atoms with Crippen LogP contribution in [0.3, 0.4) is 0 Å². The summed E-state index contributed by atoms with van der Waals surface area (Å²) in [5.74, 6) is 1.58. The van der Waals surface area contributed by atoms with Crippen molar-refractivity contribution >= 4 is 21.7 Å². The molecule has 0 amide bonds. The quantitative estimate of drug-likeness (QED) is 0.919. The smallest absolute Gasteiger partial charge is 0.161 e. The molecule has 0 saturated carbocycles. The second-order valence-corrected chi connectivity index (χ2v) is 4.79. The van der Waals surface area contributed by atoms with Crippen molar-refractivity contribution in [2.24, 2.45) is 0 Å². The van der Waals surface area contributed by atoms with Crippen molar-refractivity contribution in [1.29, 1.82) is 0 Å².